The van der Waals surface area contributed by atoms with E-state index in [2.05, 4.69) is 25.0 Å². The molecule has 6 aromatic rings. The third-order valence-electron chi connectivity index (χ3n) is 9.78. The molecule has 0 bridgehead atoms. The second kappa shape index (κ2) is 13.8. The first-order valence-electron chi connectivity index (χ1n) is 17.0. The van der Waals surface area contributed by atoms with Gasteiger partial charge in [0.1, 0.15) is 18.2 Å². The average Bonchev–Trinajstić information content (AvgIpc) is 3.71. The van der Waals surface area contributed by atoms with Gasteiger partial charge in [-0.05, 0) is 93.4 Å². The molecular weight excluding hydrogens is 657 g/mol. The fourth-order valence-electron chi connectivity index (χ4n) is 6.90. The second-order valence-corrected chi connectivity index (χ2v) is 13.6. The molecule has 2 saturated heterocycles. The van der Waals surface area contributed by atoms with Crippen molar-refractivity contribution in [3.63, 3.8) is 0 Å². The molecule has 50 heavy (non-hydrogen) atoms. The number of carbonyl (C=O) groups is 1. The van der Waals surface area contributed by atoms with Crippen LogP contribution in [-0.4, -0.2) is 61.3 Å². The van der Waals surface area contributed by atoms with Gasteiger partial charge in [-0.1, -0.05) is 23.7 Å². The van der Waals surface area contributed by atoms with E-state index < -0.39 is 5.82 Å². The van der Waals surface area contributed by atoms with Gasteiger partial charge in [0.25, 0.3) is 5.91 Å². The maximum Gasteiger partial charge on any atom is 0.255 e. The van der Waals surface area contributed by atoms with E-state index in [1.54, 1.807) is 24.4 Å². The number of pyridine rings is 1. The molecule has 0 radical (unpaired) electrons. The van der Waals surface area contributed by atoms with Crippen molar-refractivity contribution >= 4 is 45.1 Å². The van der Waals surface area contributed by atoms with E-state index >= 15 is 0 Å². The van der Waals surface area contributed by atoms with Crippen molar-refractivity contribution in [1.82, 2.24) is 29.6 Å². The molecular formula is C38H37ClFN7O3. The molecule has 10 nitrogen and oxygen atoms in total. The van der Waals surface area contributed by atoms with E-state index in [1.807, 2.05) is 49.4 Å². The number of carbonyl (C=O) groups excluding carboxylic acids is 1. The van der Waals surface area contributed by atoms with Crippen LogP contribution in [0.4, 0.5) is 10.1 Å². The number of rotatable bonds is 10. The number of nitrogens with zero attached hydrogens (tertiary/aromatic N) is 5. The van der Waals surface area contributed by atoms with E-state index in [1.165, 1.54) is 6.07 Å². The lowest BCUT2D eigenvalue weighted by Crippen LogP contribution is -2.35. The Morgan fingerprint density at radius 3 is 2.74 bits per heavy atom. The highest BCUT2D eigenvalue weighted by Crippen LogP contribution is 2.30. The molecule has 0 aliphatic carbocycles. The van der Waals surface area contributed by atoms with Crippen molar-refractivity contribution < 1.29 is 18.7 Å². The van der Waals surface area contributed by atoms with Gasteiger partial charge in [-0.3, -0.25) is 14.8 Å². The number of aromatic nitrogens is 5. The number of piperidine rings is 1. The lowest BCUT2D eigenvalue weighted by molar-refractivity contribution is -0.0592. The molecule has 5 heterocycles. The van der Waals surface area contributed by atoms with Crippen LogP contribution in [0.25, 0.3) is 21.9 Å². The van der Waals surface area contributed by atoms with Crippen LogP contribution in [0.3, 0.4) is 0 Å². The first kappa shape index (κ1) is 32.4. The zero-order valence-electron chi connectivity index (χ0n) is 27.7. The summed E-state index contributed by atoms with van der Waals surface area (Å²) in [5.74, 6) is 1.16. The Morgan fingerprint density at radius 1 is 1.08 bits per heavy atom. The molecule has 2 N–H and O–H groups in total. The second-order valence-electron chi connectivity index (χ2n) is 13.2. The van der Waals surface area contributed by atoms with Crippen LogP contribution in [0.5, 0.6) is 5.88 Å². The summed E-state index contributed by atoms with van der Waals surface area (Å²) in [6, 6.07) is 20.0. The monoisotopic (exact) mass is 693 g/mol. The minimum atomic E-state index is -0.393. The standard InChI is InChI=1S/C38H37ClFN7O3/c1-23-15-29(16-27-19-41-45-37(23)27)42-38(48)25-6-8-34-33(17-25)43-35(47(34)20-30-11-14-49-30)21-46-12-9-24(10-13-46)32-3-2-4-36(44-32)50-22-26-5-7-28(39)18-31(26)40/h2-8,15-19,24,30H,9-14,20-22H2,1H3,(H,41,45)(H,42,48)/t30-/m0/s1. The summed E-state index contributed by atoms with van der Waals surface area (Å²) >= 11 is 5.88. The summed E-state index contributed by atoms with van der Waals surface area (Å²) in [5.41, 5.74) is 6.46. The third-order valence-corrected chi connectivity index (χ3v) is 10.0. The minimum Gasteiger partial charge on any atom is -0.473 e. The van der Waals surface area contributed by atoms with Crippen LogP contribution in [0, 0.1) is 12.7 Å². The van der Waals surface area contributed by atoms with Crippen LogP contribution in [0.1, 0.15) is 58.2 Å². The molecule has 0 spiro atoms. The summed E-state index contributed by atoms with van der Waals surface area (Å²) < 4.78 is 28.1. The Morgan fingerprint density at radius 2 is 1.94 bits per heavy atom. The number of nitrogens with one attached hydrogen (secondary N) is 2. The summed E-state index contributed by atoms with van der Waals surface area (Å²) in [6.45, 7) is 6.07. The van der Waals surface area contributed by atoms with Crippen molar-refractivity contribution in [1.29, 1.82) is 0 Å². The van der Waals surface area contributed by atoms with Gasteiger partial charge in [0.15, 0.2) is 0 Å². The highest BCUT2D eigenvalue weighted by molar-refractivity contribution is 6.30. The van der Waals surface area contributed by atoms with Crippen molar-refractivity contribution in [2.75, 3.05) is 25.0 Å². The molecule has 12 heteroatoms. The van der Waals surface area contributed by atoms with Crippen LogP contribution in [0.15, 0.2) is 72.9 Å². The highest BCUT2D eigenvalue weighted by Gasteiger charge is 2.26. The van der Waals surface area contributed by atoms with E-state index in [-0.39, 0.29) is 18.6 Å². The number of halogens is 2. The van der Waals surface area contributed by atoms with Crippen LogP contribution in [-0.2, 0) is 24.4 Å². The fraction of sp³-hybridized carbons (Fsp3) is 0.316. The topological polar surface area (TPSA) is 110 Å². The number of ether oxygens (including phenoxy) is 2. The Bertz CT molecular complexity index is 2190. The molecule has 2 aliphatic rings. The number of imidazole rings is 1. The quantitative estimate of drug-likeness (QED) is 0.154. The van der Waals surface area contributed by atoms with Crippen molar-refractivity contribution in [2.24, 2.45) is 0 Å². The number of aromatic amines is 1. The molecule has 2 fully saturated rings. The van der Waals surface area contributed by atoms with Gasteiger partial charge < -0.3 is 19.4 Å². The van der Waals surface area contributed by atoms with Gasteiger partial charge in [0.05, 0.1) is 41.9 Å². The molecule has 3 aromatic heterocycles. The average molecular weight is 694 g/mol. The van der Waals surface area contributed by atoms with Crippen molar-refractivity contribution in [3.8, 4) is 5.88 Å². The normalized spacial score (nSPS) is 16.9. The van der Waals surface area contributed by atoms with Gasteiger partial charge in [-0.25, -0.2) is 14.4 Å². The Balaban J connectivity index is 0.941. The summed E-state index contributed by atoms with van der Waals surface area (Å²) in [4.78, 5) is 25.6. The van der Waals surface area contributed by atoms with Gasteiger partial charge in [-0.2, -0.15) is 5.10 Å². The fourth-order valence-corrected chi connectivity index (χ4v) is 7.06. The van der Waals surface area contributed by atoms with Crippen LogP contribution in [0.2, 0.25) is 5.02 Å². The van der Waals surface area contributed by atoms with E-state index in [0.717, 1.165) is 90.2 Å². The molecule has 256 valence electrons. The van der Waals surface area contributed by atoms with Crippen molar-refractivity contribution in [2.45, 2.75) is 57.9 Å². The number of hydrogen-bond donors (Lipinski definition) is 2. The molecule has 8 rings (SSSR count). The minimum absolute atomic E-state index is 0.0823. The number of benzene rings is 3. The van der Waals surface area contributed by atoms with Gasteiger partial charge >= 0.3 is 0 Å². The summed E-state index contributed by atoms with van der Waals surface area (Å²) in [5, 5.41) is 11.5. The van der Waals surface area contributed by atoms with Gasteiger partial charge in [-0.15, -0.1) is 0 Å². The first-order chi connectivity index (χ1) is 24.4. The zero-order valence-corrected chi connectivity index (χ0v) is 28.4. The lowest BCUT2D eigenvalue weighted by Gasteiger charge is -2.32. The Labute approximate surface area is 293 Å². The molecule has 2 aliphatic heterocycles. The number of likely N-dealkylation sites (tertiary alicyclic amines) is 1. The molecule has 0 unspecified atom stereocenters. The third kappa shape index (κ3) is 6.81. The van der Waals surface area contributed by atoms with Crippen LogP contribution < -0.4 is 10.1 Å². The van der Waals surface area contributed by atoms with Gasteiger partial charge in [0, 0.05) is 51.5 Å². The van der Waals surface area contributed by atoms with E-state index in [0.29, 0.717) is 34.5 Å². The van der Waals surface area contributed by atoms with Crippen molar-refractivity contribution in [3.05, 3.63) is 112 Å². The first-order valence-corrected chi connectivity index (χ1v) is 17.4. The molecule has 1 atom stereocenters. The number of fused-ring (bicyclic) bond motifs is 2. The predicted octanol–water partition coefficient (Wildman–Crippen LogP) is 7.41. The van der Waals surface area contributed by atoms with Gasteiger partial charge in [0.2, 0.25) is 5.88 Å². The predicted molar refractivity (Wildman–Crippen MR) is 190 cm³/mol. The maximum atomic E-state index is 14.2. The maximum absolute atomic E-state index is 14.2. The van der Waals surface area contributed by atoms with E-state index in [4.69, 9.17) is 31.0 Å². The number of hydrogen-bond acceptors (Lipinski definition) is 7. The lowest BCUT2D eigenvalue weighted by atomic mass is 9.93. The number of H-pyrrole nitrogens is 1. The van der Waals surface area contributed by atoms with E-state index in [9.17, 15) is 9.18 Å². The van der Waals surface area contributed by atoms with Crippen LogP contribution >= 0.6 is 11.6 Å². The summed E-state index contributed by atoms with van der Waals surface area (Å²) in [6.07, 6.45) is 4.84. The largest absolute Gasteiger partial charge is 0.473 e. The smallest absolute Gasteiger partial charge is 0.255 e. The highest BCUT2D eigenvalue weighted by atomic mass is 35.5. The Kier molecular flexibility index (Phi) is 8.94. The molecule has 1 amide bonds. The summed E-state index contributed by atoms with van der Waals surface area (Å²) in [7, 11) is 0. The zero-order chi connectivity index (χ0) is 34.2. The SMILES string of the molecule is Cc1cc(NC(=O)c2ccc3c(c2)nc(CN2CCC(c4cccc(OCc5ccc(Cl)cc5F)n4)CC2)n3C[C@@H]2CCO2)cc2cn[nH]c12. The molecule has 0 saturated carbocycles. The Hall–Kier alpha value is -4.84. The number of amides is 1. The number of anilines is 1. The number of aryl methyl sites for hydroxylation is 1. The molecule has 3 aromatic carbocycles.